The van der Waals surface area contributed by atoms with Crippen LogP contribution in [0.1, 0.15) is 22.8 Å². The van der Waals surface area contributed by atoms with Gasteiger partial charge in [-0.15, -0.1) is 0 Å². The van der Waals surface area contributed by atoms with Crippen LogP contribution in [0.4, 0.5) is 0 Å². The highest BCUT2D eigenvalue weighted by Crippen LogP contribution is 2.32. The molecule has 0 bridgehead atoms. The standard InChI is InChI=1S/C33H26N6O/c1-3-21(19-25(4-2)35-33(40)23-9-6-5-7-10-23)24-13-14-28-27(20-24)31(39-38-28)32-36-29-12-8-11-26(30(29)37-32)22-15-17-34-18-16-22/h3-20H,2H2,1H3,(H,35,40)(H,36,37)(H,38,39)/b21-3+,25-19+. The van der Waals surface area contributed by atoms with Crippen molar-refractivity contribution in [3.63, 3.8) is 0 Å². The van der Waals surface area contributed by atoms with Crippen molar-refractivity contribution in [2.45, 2.75) is 6.92 Å². The summed E-state index contributed by atoms with van der Waals surface area (Å²) in [7, 11) is 0. The van der Waals surface area contributed by atoms with Crippen LogP contribution < -0.4 is 5.32 Å². The molecule has 0 aliphatic rings. The minimum absolute atomic E-state index is 0.189. The Morgan fingerprint density at radius 2 is 1.75 bits per heavy atom. The molecule has 6 rings (SSSR count). The zero-order valence-electron chi connectivity index (χ0n) is 21.8. The number of amides is 1. The van der Waals surface area contributed by atoms with Crippen LogP contribution in [-0.4, -0.2) is 31.1 Å². The first-order valence-corrected chi connectivity index (χ1v) is 12.9. The molecule has 3 aromatic carbocycles. The van der Waals surface area contributed by atoms with E-state index in [1.54, 1.807) is 30.6 Å². The Balaban J connectivity index is 1.36. The lowest BCUT2D eigenvalue weighted by molar-refractivity contribution is 0.0967. The number of allylic oxidation sites excluding steroid dienone is 4. The number of benzene rings is 3. The number of aromatic nitrogens is 5. The second kappa shape index (κ2) is 10.7. The summed E-state index contributed by atoms with van der Waals surface area (Å²) in [4.78, 5) is 25.2. The molecular formula is C33H26N6O. The van der Waals surface area contributed by atoms with E-state index in [1.165, 1.54) is 0 Å². The van der Waals surface area contributed by atoms with Crippen molar-refractivity contribution < 1.29 is 4.79 Å². The molecule has 194 valence electrons. The quantitative estimate of drug-likeness (QED) is 0.195. The van der Waals surface area contributed by atoms with E-state index in [4.69, 9.17) is 4.98 Å². The van der Waals surface area contributed by atoms with Crippen LogP contribution in [-0.2, 0) is 0 Å². The highest BCUT2D eigenvalue weighted by atomic mass is 16.1. The molecule has 0 fully saturated rings. The molecule has 0 saturated heterocycles. The van der Waals surface area contributed by atoms with E-state index in [2.05, 4.69) is 44.2 Å². The van der Waals surface area contributed by atoms with Gasteiger partial charge in [0.15, 0.2) is 5.82 Å². The van der Waals surface area contributed by atoms with Gasteiger partial charge >= 0.3 is 0 Å². The maximum absolute atomic E-state index is 12.7. The van der Waals surface area contributed by atoms with Crippen LogP contribution in [0.5, 0.6) is 0 Å². The van der Waals surface area contributed by atoms with Gasteiger partial charge in [0, 0.05) is 34.6 Å². The molecule has 3 N–H and O–H groups in total. The van der Waals surface area contributed by atoms with Crippen molar-refractivity contribution in [1.29, 1.82) is 0 Å². The maximum atomic E-state index is 12.7. The zero-order chi connectivity index (χ0) is 27.5. The third-order valence-electron chi connectivity index (χ3n) is 6.76. The number of nitrogens with one attached hydrogen (secondary N) is 3. The molecule has 0 radical (unpaired) electrons. The number of nitrogens with zero attached hydrogens (tertiary/aromatic N) is 3. The van der Waals surface area contributed by atoms with Crippen LogP contribution in [0.3, 0.4) is 0 Å². The molecule has 7 heteroatoms. The summed E-state index contributed by atoms with van der Waals surface area (Å²) in [6.07, 6.45) is 9.12. The Kier molecular flexibility index (Phi) is 6.60. The SMILES string of the molecule is C=C/C(=C\C(=C/C)c1ccc2[nH]nc(-c3nc4c(-c5ccncc5)cccc4[nH]3)c2c1)NC(=O)c1ccccc1. The smallest absolute Gasteiger partial charge is 0.255 e. The highest BCUT2D eigenvalue weighted by Gasteiger charge is 2.16. The fourth-order valence-electron chi connectivity index (χ4n) is 4.72. The molecule has 7 nitrogen and oxygen atoms in total. The number of para-hydroxylation sites is 1. The molecule has 40 heavy (non-hydrogen) atoms. The van der Waals surface area contributed by atoms with Crippen LogP contribution in [0.2, 0.25) is 0 Å². The number of pyridine rings is 1. The normalized spacial score (nSPS) is 12.1. The van der Waals surface area contributed by atoms with Crippen LogP contribution in [0, 0.1) is 0 Å². The minimum atomic E-state index is -0.189. The minimum Gasteiger partial charge on any atom is -0.337 e. The number of imidazole rings is 1. The fraction of sp³-hybridized carbons (Fsp3) is 0.0303. The molecule has 1 amide bonds. The summed E-state index contributed by atoms with van der Waals surface area (Å²) in [5.74, 6) is 0.491. The average molecular weight is 523 g/mol. The van der Waals surface area contributed by atoms with Crippen LogP contribution in [0.25, 0.3) is 50.2 Å². The van der Waals surface area contributed by atoms with Gasteiger partial charge in [-0.3, -0.25) is 14.9 Å². The van der Waals surface area contributed by atoms with Crippen molar-refractivity contribution in [1.82, 2.24) is 30.5 Å². The summed E-state index contributed by atoms with van der Waals surface area (Å²) in [5, 5.41) is 11.6. The van der Waals surface area contributed by atoms with Crippen LogP contribution >= 0.6 is 0 Å². The number of fused-ring (bicyclic) bond motifs is 2. The number of hydrogen-bond donors (Lipinski definition) is 3. The molecule has 3 aromatic heterocycles. The second-order valence-corrected chi connectivity index (χ2v) is 9.22. The average Bonchev–Trinajstić information content (AvgIpc) is 3.64. The predicted octanol–water partition coefficient (Wildman–Crippen LogP) is 7.07. The Labute approximate surface area is 231 Å². The predicted molar refractivity (Wildman–Crippen MR) is 160 cm³/mol. The first-order chi connectivity index (χ1) is 19.6. The number of carbonyl (C=O) groups excluding carboxylic acids is 1. The van der Waals surface area contributed by atoms with Crippen molar-refractivity contribution in [3.05, 3.63) is 133 Å². The molecule has 0 aliphatic heterocycles. The van der Waals surface area contributed by atoms with Crippen LogP contribution in [0.15, 0.2) is 122 Å². The van der Waals surface area contributed by atoms with Crippen molar-refractivity contribution in [3.8, 4) is 22.6 Å². The number of hydrogen-bond acceptors (Lipinski definition) is 4. The molecule has 6 aromatic rings. The topological polar surface area (TPSA) is 99.3 Å². The first-order valence-electron chi connectivity index (χ1n) is 12.9. The summed E-state index contributed by atoms with van der Waals surface area (Å²) < 4.78 is 0. The fourth-order valence-corrected chi connectivity index (χ4v) is 4.72. The molecule has 0 spiro atoms. The van der Waals surface area contributed by atoms with Crippen molar-refractivity contribution in [2.24, 2.45) is 0 Å². The number of carbonyl (C=O) groups is 1. The Morgan fingerprint density at radius 1 is 0.925 bits per heavy atom. The van der Waals surface area contributed by atoms with E-state index in [1.807, 2.05) is 73.7 Å². The molecule has 0 atom stereocenters. The van der Waals surface area contributed by atoms with Gasteiger partial charge in [0.1, 0.15) is 5.69 Å². The summed E-state index contributed by atoms with van der Waals surface area (Å²) >= 11 is 0. The first kappa shape index (κ1) is 24.8. The summed E-state index contributed by atoms with van der Waals surface area (Å²) in [5.41, 5.74) is 8.60. The van der Waals surface area contributed by atoms with E-state index >= 15 is 0 Å². The van der Waals surface area contributed by atoms with Gasteiger partial charge < -0.3 is 10.3 Å². The number of H-pyrrole nitrogens is 2. The van der Waals surface area contributed by atoms with Gasteiger partial charge in [-0.25, -0.2) is 4.98 Å². The lowest BCUT2D eigenvalue weighted by Crippen LogP contribution is -2.21. The van der Waals surface area contributed by atoms with E-state index in [0.717, 1.165) is 49.9 Å². The van der Waals surface area contributed by atoms with Gasteiger partial charge in [0.2, 0.25) is 0 Å². The van der Waals surface area contributed by atoms with Crippen molar-refractivity contribution in [2.75, 3.05) is 0 Å². The monoisotopic (exact) mass is 522 g/mol. The number of aromatic amines is 2. The number of rotatable bonds is 7. The lowest BCUT2D eigenvalue weighted by Gasteiger charge is -2.09. The van der Waals surface area contributed by atoms with E-state index < -0.39 is 0 Å². The van der Waals surface area contributed by atoms with Crippen molar-refractivity contribution >= 4 is 33.4 Å². The molecule has 0 saturated carbocycles. The maximum Gasteiger partial charge on any atom is 0.255 e. The Bertz CT molecular complexity index is 1910. The molecule has 3 heterocycles. The third kappa shape index (κ3) is 4.72. The second-order valence-electron chi connectivity index (χ2n) is 9.22. The van der Waals surface area contributed by atoms with Gasteiger partial charge in [-0.2, -0.15) is 5.10 Å². The van der Waals surface area contributed by atoms with Gasteiger partial charge in [-0.1, -0.05) is 49.1 Å². The highest BCUT2D eigenvalue weighted by molar-refractivity contribution is 5.99. The van der Waals surface area contributed by atoms with E-state index in [-0.39, 0.29) is 5.91 Å². The van der Waals surface area contributed by atoms with E-state index in [0.29, 0.717) is 17.1 Å². The lowest BCUT2D eigenvalue weighted by atomic mass is 10.0. The molecular weight excluding hydrogens is 496 g/mol. The Morgan fingerprint density at radius 3 is 2.52 bits per heavy atom. The van der Waals surface area contributed by atoms with Gasteiger partial charge in [0.25, 0.3) is 5.91 Å². The zero-order valence-corrected chi connectivity index (χ0v) is 21.8. The largest absolute Gasteiger partial charge is 0.337 e. The van der Waals surface area contributed by atoms with Gasteiger partial charge in [-0.05, 0) is 78.2 Å². The summed E-state index contributed by atoms with van der Waals surface area (Å²) in [6, 6.07) is 25.2. The molecule has 0 aliphatic carbocycles. The van der Waals surface area contributed by atoms with Gasteiger partial charge in [0.05, 0.1) is 16.6 Å². The van der Waals surface area contributed by atoms with E-state index in [9.17, 15) is 4.79 Å². The summed E-state index contributed by atoms with van der Waals surface area (Å²) in [6.45, 7) is 5.86. The third-order valence-corrected chi connectivity index (χ3v) is 6.76. The molecule has 0 unspecified atom stereocenters. The Hall–Kier alpha value is -5.56.